The van der Waals surface area contributed by atoms with Gasteiger partial charge in [0.05, 0.1) is 0 Å². The summed E-state index contributed by atoms with van der Waals surface area (Å²) in [6.45, 7) is 14.9. The number of carbonyl (C=O) groups is 1. The number of amides is 2. The van der Waals surface area contributed by atoms with Crippen molar-refractivity contribution < 1.29 is 4.79 Å². The lowest BCUT2D eigenvalue weighted by Gasteiger charge is -2.36. The van der Waals surface area contributed by atoms with Crippen LogP contribution in [-0.2, 0) is 0 Å². The highest BCUT2D eigenvalue weighted by molar-refractivity contribution is 5.74. The summed E-state index contributed by atoms with van der Waals surface area (Å²) in [4.78, 5) is 16.9. The fourth-order valence-corrected chi connectivity index (χ4v) is 2.69. The monoisotopic (exact) mass is 282 g/mol. The van der Waals surface area contributed by atoms with Crippen molar-refractivity contribution in [3.8, 4) is 0 Å². The number of urea groups is 1. The summed E-state index contributed by atoms with van der Waals surface area (Å²) in [7, 11) is 0. The molecule has 3 nitrogen and oxygen atoms in total. The van der Waals surface area contributed by atoms with Crippen LogP contribution in [0.4, 0.5) is 4.79 Å². The summed E-state index contributed by atoms with van der Waals surface area (Å²) in [5.74, 6) is 1.97. The molecule has 2 amide bonds. The van der Waals surface area contributed by atoms with E-state index < -0.39 is 0 Å². The van der Waals surface area contributed by atoms with Crippen LogP contribution in [0, 0.1) is 17.8 Å². The van der Waals surface area contributed by atoms with Crippen molar-refractivity contribution in [1.29, 1.82) is 0 Å². The third-order valence-electron chi connectivity index (χ3n) is 4.15. The molecular weight excluding hydrogens is 248 g/mol. The maximum absolute atomic E-state index is 12.7. The van der Waals surface area contributed by atoms with Crippen molar-refractivity contribution >= 4 is 6.03 Å². The minimum Gasteiger partial charge on any atom is -0.325 e. The summed E-state index contributed by atoms with van der Waals surface area (Å²) in [6.07, 6.45) is 4.64. The number of hydrogen-bond donors (Lipinski definition) is 0. The fraction of sp³-hybridized carbons (Fsp3) is 0.941. The molecule has 20 heavy (non-hydrogen) atoms. The number of nitrogens with zero attached hydrogens (tertiary/aromatic N) is 2. The normalized spacial score (nSPS) is 19.8. The zero-order valence-electron chi connectivity index (χ0n) is 14.2. The van der Waals surface area contributed by atoms with Crippen LogP contribution in [0.25, 0.3) is 0 Å². The molecule has 1 aliphatic heterocycles. The SMILES string of the molecule is CC(C)CCN(CCC(C)C)C(=O)N1CCCC(C)C1. The average molecular weight is 282 g/mol. The second-order valence-corrected chi connectivity index (χ2v) is 7.33. The summed E-state index contributed by atoms with van der Waals surface area (Å²) in [5, 5.41) is 0. The number of hydrogen-bond acceptors (Lipinski definition) is 1. The molecule has 0 spiro atoms. The van der Waals surface area contributed by atoms with E-state index in [1.54, 1.807) is 0 Å². The number of carbonyl (C=O) groups excluding carboxylic acids is 1. The van der Waals surface area contributed by atoms with Crippen LogP contribution < -0.4 is 0 Å². The molecule has 0 aromatic carbocycles. The van der Waals surface area contributed by atoms with E-state index in [1.807, 2.05) is 0 Å². The van der Waals surface area contributed by atoms with E-state index in [-0.39, 0.29) is 6.03 Å². The minimum absolute atomic E-state index is 0.276. The van der Waals surface area contributed by atoms with E-state index in [0.717, 1.165) is 45.4 Å². The summed E-state index contributed by atoms with van der Waals surface area (Å²) < 4.78 is 0. The molecule has 0 aliphatic carbocycles. The molecule has 0 aromatic rings. The largest absolute Gasteiger partial charge is 0.325 e. The first-order valence-corrected chi connectivity index (χ1v) is 8.44. The molecule has 1 heterocycles. The highest BCUT2D eigenvalue weighted by Crippen LogP contribution is 2.18. The van der Waals surface area contributed by atoms with Gasteiger partial charge < -0.3 is 9.80 Å². The van der Waals surface area contributed by atoms with Gasteiger partial charge in [0.15, 0.2) is 0 Å². The molecule has 0 saturated carbocycles. The van der Waals surface area contributed by atoms with Gasteiger partial charge in [0.1, 0.15) is 0 Å². The first-order chi connectivity index (χ1) is 9.40. The quantitative estimate of drug-likeness (QED) is 0.715. The predicted octanol–water partition coefficient (Wildman–Crippen LogP) is 4.23. The van der Waals surface area contributed by atoms with Crippen molar-refractivity contribution in [1.82, 2.24) is 9.80 Å². The number of rotatable bonds is 6. The van der Waals surface area contributed by atoms with Crippen molar-refractivity contribution in [3.63, 3.8) is 0 Å². The summed E-state index contributed by atoms with van der Waals surface area (Å²) >= 11 is 0. The Kier molecular flexibility index (Phi) is 7.39. The molecule has 118 valence electrons. The van der Waals surface area contributed by atoms with E-state index >= 15 is 0 Å². The third kappa shape index (κ3) is 6.15. The van der Waals surface area contributed by atoms with Crippen LogP contribution >= 0.6 is 0 Å². The lowest BCUT2D eigenvalue weighted by atomic mass is 10.0. The molecule has 1 rings (SSSR count). The molecular formula is C17H34N2O. The van der Waals surface area contributed by atoms with Gasteiger partial charge in [0.2, 0.25) is 0 Å². The van der Waals surface area contributed by atoms with Gasteiger partial charge in [-0.3, -0.25) is 0 Å². The van der Waals surface area contributed by atoms with Gasteiger partial charge in [-0.1, -0.05) is 34.6 Å². The van der Waals surface area contributed by atoms with Crippen LogP contribution in [-0.4, -0.2) is 42.0 Å². The van der Waals surface area contributed by atoms with E-state index in [9.17, 15) is 4.79 Å². The van der Waals surface area contributed by atoms with Crippen molar-refractivity contribution in [2.75, 3.05) is 26.2 Å². The van der Waals surface area contributed by atoms with E-state index in [0.29, 0.717) is 17.8 Å². The molecule has 0 radical (unpaired) electrons. The standard InChI is InChI=1S/C17H34N2O/c1-14(2)8-11-18(12-9-15(3)4)17(20)19-10-6-7-16(5)13-19/h14-16H,6-13H2,1-5H3. The van der Waals surface area contributed by atoms with Crippen molar-refractivity contribution in [2.24, 2.45) is 17.8 Å². The molecule has 1 aliphatic rings. The van der Waals surface area contributed by atoms with Gasteiger partial charge >= 0.3 is 6.03 Å². The minimum atomic E-state index is 0.276. The van der Waals surface area contributed by atoms with Crippen LogP contribution in [0.5, 0.6) is 0 Å². The number of likely N-dealkylation sites (tertiary alicyclic amines) is 1. The topological polar surface area (TPSA) is 23.6 Å². The Balaban J connectivity index is 2.56. The Hall–Kier alpha value is -0.730. The fourth-order valence-electron chi connectivity index (χ4n) is 2.69. The Labute approximate surface area is 125 Å². The molecule has 1 atom stereocenters. The molecule has 3 heteroatoms. The lowest BCUT2D eigenvalue weighted by molar-refractivity contribution is 0.127. The lowest BCUT2D eigenvalue weighted by Crippen LogP contribution is -2.48. The van der Waals surface area contributed by atoms with Gasteiger partial charge in [0, 0.05) is 26.2 Å². The first kappa shape index (κ1) is 17.3. The molecule has 1 fully saturated rings. The van der Waals surface area contributed by atoms with Gasteiger partial charge in [-0.2, -0.15) is 0 Å². The molecule has 0 N–H and O–H groups in total. The summed E-state index contributed by atoms with van der Waals surface area (Å²) in [5.41, 5.74) is 0. The van der Waals surface area contributed by atoms with Crippen LogP contribution in [0.2, 0.25) is 0 Å². The van der Waals surface area contributed by atoms with E-state index in [2.05, 4.69) is 44.4 Å². The molecule has 1 unspecified atom stereocenters. The van der Waals surface area contributed by atoms with Gasteiger partial charge in [-0.05, 0) is 43.4 Å². The Morgan fingerprint density at radius 2 is 1.70 bits per heavy atom. The second-order valence-electron chi connectivity index (χ2n) is 7.33. The van der Waals surface area contributed by atoms with Crippen LogP contribution in [0.1, 0.15) is 60.3 Å². The highest BCUT2D eigenvalue weighted by Gasteiger charge is 2.25. The third-order valence-corrected chi connectivity index (χ3v) is 4.15. The second kappa shape index (κ2) is 8.53. The van der Waals surface area contributed by atoms with Crippen molar-refractivity contribution in [3.05, 3.63) is 0 Å². The zero-order chi connectivity index (χ0) is 15.1. The van der Waals surface area contributed by atoms with Gasteiger partial charge in [0.25, 0.3) is 0 Å². The number of piperidine rings is 1. The highest BCUT2D eigenvalue weighted by atomic mass is 16.2. The predicted molar refractivity (Wildman–Crippen MR) is 85.9 cm³/mol. The Morgan fingerprint density at radius 3 is 2.15 bits per heavy atom. The van der Waals surface area contributed by atoms with Gasteiger partial charge in [-0.15, -0.1) is 0 Å². The average Bonchev–Trinajstić information content (AvgIpc) is 2.37. The first-order valence-electron chi connectivity index (χ1n) is 8.44. The molecule has 0 bridgehead atoms. The Bertz CT molecular complexity index is 277. The molecule has 0 aromatic heterocycles. The van der Waals surface area contributed by atoms with Crippen molar-refractivity contribution in [2.45, 2.75) is 60.3 Å². The van der Waals surface area contributed by atoms with E-state index in [1.165, 1.54) is 6.42 Å². The van der Waals surface area contributed by atoms with Crippen LogP contribution in [0.15, 0.2) is 0 Å². The van der Waals surface area contributed by atoms with Gasteiger partial charge in [-0.25, -0.2) is 4.79 Å². The maximum Gasteiger partial charge on any atom is 0.320 e. The van der Waals surface area contributed by atoms with Crippen LogP contribution in [0.3, 0.4) is 0 Å². The van der Waals surface area contributed by atoms with E-state index in [4.69, 9.17) is 0 Å². The summed E-state index contributed by atoms with van der Waals surface area (Å²) in [6, 6.07) is 0.276. The smallest absolute Gasteiger partial charge is 0.320 e. The molecule has 1 saturated heterocycles. The Morgan fingerprint density at radius 1 is 1.15 bits per heavy atom. The maximum atomic E-state index is 12.7. The zero-order valence-corrected chi connectivity index (χ0v) is 14.2.